The number of nitrogens with one attached hydrogen (secondary N) is 2. The number of benzene rings is 2. The molecule has 10 heteroatoms. The Balaban J connectivity index is 1.41. The van der Waals surface area contributed by atoms with Gasteiger partial charge in [-0.1, -0.05) is 18.2 Å². The lowest BCUT2D eigenvalue weighted by molar-refractivity contribution is 0.102. The predicted molar refractivity (Wildman–Crippen MR) is 139 cm³/mol. The molecule has 3 N–H and O–H groups in total. The number of amides is 1. The number of nitrogens with zero attached hydrogens (tertiary/aromatic N) is 5. The van der Waals surface area contributed by atoms with Crippen LogP contribution in [0.4, 0.5) is 29.2 Å². The van der Waals surface area contributed by atoms with Gasteiger partial charge < -0.3 is 30.3 Å². The summed E-state index contributed by atoms with van der Waals surface area (Å²) in [5.74, 6) is 1.29. The van der Waals surface area contributed by atoms with Gasteiger partial charge in [-0.2, -0.15) is 15.0 Å². The molecule has 2 aliphatic heterocycles. The Kier molecular flexibility index (Phi) is 6.97. The van der Waals surface area contributed by atoms with Crippen molar-refractivity contribution in [2.24, 2.45) is 0 Å². The van der Waals surface area contributed by atoms with Gasteiger partial charge in [0.1, 0.15) is 0 Å². The number of carbonyl (C=O) groups is 1. The van der Waals surface area contributed by atoms with Crippen molar-refractivity contribution in [1.82, 2.24) is 15.0 Å². The smallest absolute Gasteiger partial charge is 0.255 e. The molecule has 0 unspecified atom stereocenters. The third-order valence-corrected chi connectivity index (χ3v) is 6.37. The minimum absolute atomic E-state index is 0.194. The normalized spacial score (nSPS) is 17.8. The number of aliphatic hydroxyl groups excluding tert-OH is 1. The molecule has 0 saturated carbocycles. The van der Waals surface area contributed by atoms with Crippen LogP contribution in [0.5, 0.6) is 0 Å². The van der Waals surface area contributed by atoms with Crippen molar-refractivity contribution >= 4 is 35.1 Å². The second-order valence-corrected chi connectivity index (χ2v) is 9.23. The first kappa shape index (κ1) is 24.0. The molecule has 2 aromatic carbocycles. The molecule has 0 aliphatic carbocycles. The van der Waals surface area contributed by atoms with Crippen LogP contribution < -0.4 is 20.4 Å². The Morgan fingerprint density at radius 2 is 1.78 bits per heavy atom. The van der Waals surface area contributed by atoms with E-state index in [0.29, 0.717) is 69.2 Å². The van der Waals surface area contributed by atoms with E-state index >= 15 is 0 Å². The van der Waals surface area contributed by atoms with Gasteiger partial charge >= 0.3 is 0 Å². The second-order valence-electron chi connectivity index (χ2n) is 9.23. The highest BCUT2D eigenvalue weighted by atomic mass is 16.5. The molecular formula is C26H31N7O3. The minimum Gasteiger partial charge on any atom is -0.391 e. The molecule has 2 aliphatic rings. The number of morpholine rings is 1. The molecule has 1 aromatic heterocycles. The fraction of sp³-hybridized carbons (Fsp3) is 0.385. The maximum Gasteiger partial charge on any atom is 0.255 e. The van der Waals surface area contributed by atoms with Crippen molar-refractivity contribution < 1.29 is 14.6 Å². The summed E-state index contributed by atoms with van der Waals surface area (Å²) in [5.41, 5.74) is 4.04. The van der Waals surface area contributed by atoms with Crippen molar-refractivity contribution in [3.05, 3.63) is 59.2 Å². The Morgan fingerprint density at radius 1 is 1.00 bits per heavy atom. The van der Waals surface area contributed by atoms with Crippen molar-refractivity contribution in [1.29, 1.82) is 0 Å². The molecule has 0 bridgehead atoms. The van der Waals surface area contributed by atoms with E-state index in [1.54, 1.807) is 12.1 Å². The maximum atomic E-state index is 12.9. The molecule has 0 spiro atoms. The van der Waals surface area contributed by atoms with Gasteiger partial charge in [0.05, 0.1) is 19.3 Å². The predicted octanol–water partition coefficient (Wildman–Crippen LogP) is 2.89. The summed E-state index contributed by atoms with van der Waals surface area (Å²) in [6, 6.07) is 13.2. The van der Waals surface area contributed by atoms with Crippen LogP contribution in [-0.2, 0) is 4.74 Å². The molecule has 188 valence electrons. The van der Waals surface area contributed by atoms with Gasteiger partial charge in [-0.25, -0.2) is 0 Å². The van der Waals surface area contributed by atoms with Crippen molar-refractivity contribution in [3.63, 3.8) is 0 Å². The number of carbonyl (C=O) groups excluding carboxylic acids is 1. The maximum absolute atomic E-state index is 12.9. The van der Waals surface area contributed by atoms with E-state index in [0.717, 1.165) is 22.5 Å². The molecule has 0 radical (unpaired) electrons. The monoisotopic (exact) mass is 489 g/mol. The number of hydrogen-bond donors (Lipinski definition) is 3. The number of anilines is 5. The zero-order chi connectivity index (χ0) is 25.1. The number of hydrogen-bond acceptors (Lipinski definition) is 9. The Hall–Kier alpha value is -3.76. The van der Waals surface area contributed by atoms with Crippen molar-refractivity contribution in [2.75, 3.05) is 59.8 Å². The summed E-state index contributed by atoms with van der Waals surface area (Å²) in [6.45, 7) is 7.73. The van der Waals surface area contributed by atoms with Gasteiger partial charge in [0.2, 0.25) is 17.8 Å². The zero-order valence-electron chi connectivity index (χ0n) is 20.6. The van der Waals surface area contributed by atoms with E-state index in [2.05, 4.69) is 25.5 Å². The van der Waals surface area contributed by atoms with Crippen LogP contribution in [-0.4, -0.2) is 71.5 Å². The van der Waals surface area contributed by atoms with Crippen LogP contribution in [0.25, 0.3) is 0 Å². The molecule has 1 amide bonds. The number of ether oxygens (including phenoxy) is 1. The van der Waals surface area contributed by atoms with Gasteiger partial charge in [-0.3, -0.25) is 4.79 Å². The van der Waals surface area contributed by atoms with Gasteiger partial charge in [0.25, 0.3) is 5.91 Å². The standard InChI is InChI=1S/C26H31N7O3/c1-17-4-3-5-20(14-17)27-23(35)19-7-6-18(2)22(15-19)28-24-29-25(32-10-12-36-13-11-32)31-26(30-24)33-9-8-21(34)16-33/h3-7,14-15,21,34H,8-13,16H2,1-2H3,(H,27,35)(H,28,29,30,31)/t21-/m1/s1. The average Bonchev–Trinajstić information content (AvgIpc) is 3.32. The summed E-state index contributed by atoms with van der Waals surface area (Å²) >= 11 is 0. The topological polar surface area (TPSA) is 116 Å². The fourth-order valence-electron chi connectivity index (χ4n) is 4.32. The number of β-amino-alcohol motifs (C(OH)–C–C–N with tert-alkyl or cyclic N) is 1. The van der Waals surface area contributed by atoms with Gasteiger partial charge in [0, 0.05) is 43.1 Å². The number of aromatic nitrogens is 3. The molecule has 5 rings (SSSR count). The van der Waals surface area contributed by atoms with Crippen LogP contribution in [0, 0.1) is 13.8 Å². The summed E-state index contributed by atoms with van der Waals surface area (Å²) in [6.07, 6.45) is 0.286. The lowest BCUT2D eigenvalue weighted by Gasteiger charge is -2.28. The van der Waals surface area contributed by atoms with Crippen molar-refractivity contribution in [2.45, 2.75) is 26.4 Å². The van der Waals surface area contributed by atoms with E-state index in [-0.39, 0.29) is 5.91 Å². The molecule has 36 heavy (non-hydrogen) atoms. The highest BCUT2D eigenvalue weighted by molar-refractivity contribution is 6.05. The Labute approximate surface area is 210 Å². The van der Waals surface area contributed by atoms with E-state index in [4.69, 9.17) is 9.72 Å². The first-order valence-corrected chi connectivity index (χ1v) is 12.2. The van der Waals surface area contributed by atoms with Crippen molar-refractivity contribution in [3.8, 4) is 0 Å². The highest BCUT2D eigenvalue weighted by Crippen LogP contribution is 2.25. The Morgan fingerprint density at radius 3 is 2.50 bits per heavy atom. The summed E-state index contributed by atoms with van der Waals surface area (Å²) in [7, 11) is 0. The van der Waals surface area contributed by atoms with Gasteiger partial charge in [0.15, 0.2) is 0 Å². The molecule has 2 saturated heterocycles. The molecule has 2 fully saturated rings. The van der Waals surface area contributed by atoms with Gasteiger partial charge in [-0.15, -0.1) is 0 Å². The summed E-state index contributed by atoms with van der Waals surface area (Å²) in [4.78, 5) is 31.0. The first-order valence-electron chi connectivity index (χ1n) is 12.2. The molecule has 3 heterocycles. The lowest BCUT2D eigenvalue weighted by atomic mass is 10.1. The van der Waals surface area contributed by atoms with Crippen LogP contribution in [0.1, 0.15) is 27.9 Å². The first-order chi connectivity index (χ1) is 17.4. The number of aryl methyl sites for hydroxylation is 2. The van der Waals surface area contributed by atoms with E-state index in [1.807, 2.05) is 49.1 Å². The van der Waals surface area contributed by atoms with E-state index in [1.165, 1.54) is 0 Å². The van der Waals surface area contributed by atoms with E-state index < -0.39 is 6.10 Å². The second kappa shape index (κ2) is 10.5. The average molecular weight is 490 g/mol. The largest absolute Gasteiger partial charge is 0.391 e. The zero-order valence-corrected chi connectivity index (χ0v) is 20.6. The fourth-order valence-corrected chi connectivity index (χ4v) is 4.32. The number of rotatable bonds is 6. The van der Waals surface area contributed by atoms with Crippen LogP contribution >= 0.6 is 0 Å². The highest BCUT2D eigenvalue weighted by Gasteiger charge is 2.25. The molecular weight excluding hydrogens is 458 g/mol. The lowest BCUT2D eigenvalue weighted by Crippen LogP contribution is -2.38. The third-order valence-electron chi connectivity index (χ3n) is 6.37. The van der Waals surface area contributed by atoms with Gasteiger partial charge in [-0.05, 0) is 55.7 Å². The van der Waals surface area contributed by atoms with Crippen LogP contribution in [0.3, 0.4) is 0 Å². The third kappa shape index (κ3) is 5.55. The number of aliphatic hydroxyl groups is 1. The summed E-state index contributed by atoms with van der Waals surface area (Å²) < 4.78 is 5.48. The molecule has 3 aromatic rings. The van der Waals surface area contributed by atoms with E-state index in [9.17, 15) is 9.90 Å². The SMILES string of the molecule is Cc1cccc(NC(=O)c2ccc(C)c(Nc3nc(N4CCOCC4)nc(N4CC[C@@H](O)C4)n3)c2)c1. The van der Waals surface area contributed by atoms with Crippen LogP contribution in [0.15, 0.2) is 42.5 Å². The minimum atomic E-state index is -0.393. The Bertz CT molecular complexity index is 1220. The summed E-state index contributed by atoms with van der Waals surface area (Å²) in [5, 5.41) is 16.3. The molecule has 10 nitrogen and oxygen atoms in total. The molecule has 1 atom stereocenters. The van der Waals surface area contributed by atoms with Crippen LogP contribution in [0.2, 0.25) is 0 Å². The quantitative estimate of drug-likeness (QED) is 0.481.